The molecule has 1 aromatic heterocycles. The van der Waals surface area contributed by atoms with Gasteiger partial charge in [-0.1, -0.05) is 12.1 Å². The van der Waals surface area contributed by atoms with Crippen molar-refractivity contribution in [3.8, 4) is 5.75 Å². The van der Waals surface area contributed by atoms with Gasteiger partial charge in [0.25, 0.3) is 0 Å². The van der Waals surface area contributed by atoms with Crippen molar-refractivity contribution in [3.05, 3.63) is 45.1 Å². The van der Waals surface area contributed by atoms with Gasteiger partial charge in [0, 0.05) is 6.54 Å². The second-order valence-electron chi connectivity index (χ2n) is 4.73. The second-order valence-corrected chi connectivity index (χ2v) is 5.11. The summed E-state index contributed by atoms with van der Waals surface area (Å²) in [6.07, 6.45) is 0. The van der Waals surface area contributed by atoms with E-state index in [1.807, 2.05) is 43.3 Å². The highest BCUT2D eigenvalue weighted by Gasteiger charge is 2.17. The third kappa shape index (κ3) is 3.00. The first-order valence-corrected chi connectivity index (χ1v) is 6.61. The second kappa shape index (κ2) is 6.06. The predicted octanol–water partition coefficient (Wildman–Crippen LogP) is 1.55. The van der Waals surface area contributed by atoms with Crippen molar-refractivity contribution in [1.82, 2.24) is 19.7 Å². The zero-order valence-corrected chi connectivity index (χ0v) is 12.5. The van der Waals surface area contributed by atoms with Gasteiger partial charge in [0.2, 0.25) is 0 Å². The molecule has 0 aliphatic rings. The molecule has 2 aromatic rings. The van der Waals surface area contributed by atoms with Crippen LogP contribution in [-0.2, 0) is 6.54 Å². The summed E-state index contributed by atoms with van der Waals surface area (Å²) in [4.78, 5) is 13.8. The molecule has 20 heavy (non-hydrogen) atoms. The van der Waals surface area contributed by atoms with Crippen molar-refractivity contribution in [1.29, 1.82) is 0 Å². The fourth-order valence-corrected chi connectivity index (χ4v) is 2.30. The van der Waals surface area contributed by atoms with E-state index in [2.05, 4.69) is 10.2 Å². The average molecular weight is 294 g/mol. The average Bonchev–Trinajstić information content (AvgIpc) is 2.75. The van der Waals surface area contributed by atoms with Crippen molar-refractivity contribution in [2.75, 3.05) is 21.2 Å². The van der Waals surface area contributed by atoms with E-state index in [-0.39, 0.29) is 11.7 Å². The number of hydrogen-bond donors (Lipinski definition) is 2. The first-order valence-electron chi connectivity index (χ1n) is 6.20. The zero-order valence-electron chi connectivity index (χ0n) is 11.7. The molecule has 0 aliphatic carbocycles. The number of aromatic amines is 2. The molecule has 2 N–H and O–H groups in total. The maximum Gasteiger partial charge on any atom is 0.342 e. The summed E-state index contributed by atoms with van der Waals surface area (Å²) >= 11 is 5.11. The molecule has 0 fully saturated rings. The highest BCUT2D eigenvalue weighted by molar-refractivity contribution is 7.71. The van der Waals surface area contributed by atoms with E-state index in [4.69, 9.17) is 17.0 Å². The smallest absolute Gasteiger partial charge is 0.342 e. The molecule has 2 rings (SSSR count). The Kier molecular flexibility index (Phi) is 4.41. The number of hydrogen-bond acceptors (Lipinski definition) is 4. The van der Waals surface area contributed by atoms with Gasteiger partial charge >= 0.3 is 5.69 Å². The van der Waals surface area contributed by atoms with E-state index in [1.54, 1.807) is 7.11 Å². The van der Waals surface area contributed by atoms with Crippen LogP contribution in [0, 0.1) is 4.77 Å². The number of benzene rings is 1. The molecule has 0 aliphatic heterocycles. The standard InChI is InChI=1S/C13H18N4O2S/c1-16(2)11(8-17-12(18)14-15-13(17)20)9-5-4-6-10(7-9)19-3/h4-7,11H,8H2,1-3H3,(H,14,18)(H,15,20). The highest BCUT2D eigenvalue weighted by atomic mass is 32.1. The molecule has 1 atom stereocenters. The molecular formula is C13H18N4O2S. The Hall–Kier alpha value is -1.86. The Labute approximate surface area is 122 Å². The van der Waals surface area contributed by atoms with Crippen molar-refractivity contribution in [2.45, 2.75) is 12.6 Å². The minimum atomic E-state index is -0.232. The Morgan fingerprint density at radius 3 is 2.70 bits per heavy atom. The van der Waals surface area contributed by atoms with Crippen LogP contribution in [0.15, 0.2) is 29.1 Å². The number of aromatic nitrogens is 3. The minimum absolute atomic E-state index is 0.0219. The van der Waals surface area contributed by atoms with E-state index in [0.29, 0.717) is 11.3 Å². The quantitative estimate of drug-likeness (QED) is 0.821. The summed E-state index contributed by atoms with van der Waals surface area (Å²) in [5.41, 5.74) is 0.835. The van der Waals surface area contributed by atoms with Crippen LogP contribution in [-0.4, -0.2) is 40.9 Å². The van der Waals surface area contributed by atoms with Gasteiger partial charge in [0.15, 0.2) is 4.77 Å². The molecular weight excluding hydrogens is 276 g/mol. The molecule has 7 heteroatoms. The van der Waals surface area contributed by atoms with Crippen molar-refractivity contribution in [2.24, 2.45) is 0 Å². The highest BCUT2D eigenvalue weighted by Crippen LogP contribution is 2.23. The number of methoxy groups -OCH3 is 1. The first kappa shape index (κ1) is 14.5. The molecule has 0 saturated carbocycles. The Balaban J connectivity index is 2.37. The largest absolute Gasteiger partial charge is 0.497 e. The molecule has 0 amide bonds. The Morgan fingerprint density at radius 2 is 2.15 bits per heavy atom. The predicted molar refractivity (Wildman–Crippen MR) is 79.7 cm³/mol. The van der Waals surface area contributed by atoms with Crippen LogP contribution in [0.25, 0.3) is 0 Å². The third-order valence-electron chi connectivity index (χ3n) is 3.22. The summed E-state index contributed by atoms with van der Waals surface area (Å²) < 4.78 is 7.15. The maximum atomic E-state index is 11.7. The summed E-state index contributed by atoms with van der Waals surface area (Å²) in [7, 11) is 5.57. The number of nitrogens with one attached hydrogen (secondary N) is 2. The van der Waals surface area contributed by atoms with Gasteiger partial charge in [0.05, 0.1) is 13.2 Å². The van der Waals surface area contributed by atoms with E-state index < -0.39 is 0 Å². The summed E-state index contributed by atoms with van der Waals surface area (Å²) in [6, 6.07) is 7.83. The molecule has 1 aromatic carbocycles. The fraction of sp³-hybridized carbons (Fsp3) is 0.385. The molecule has 1 unspecified atom stereocenters. The van der Waals surface area contributed by atoms with Crippen LogP contribution in [0.2, 0.25) is 0 Å². The lowest BCUT2D eigenvalue weighted by molar-refractivity contribution is 0.265. The SMILES string of the molecule is COc1cccc(C(Cn2c(=O)[nH][nH]c2=S)N(C)C)c1. The van der Waals surface area contributed by atoms with E-state index in [1.165, 1.54) is 4.57 Å². The molecule has 108 valence electrons. The zero-order chi connectivity index (χ0) is 14.7. The number of H-pyrrole nitrogens is 2. The molecule has 0 bridgehead atoms. The van der Waals surface area contributed by atoms with Gasteiger partial charge in [-0.3, -0.25) is 9.67 Å². The fourth-order valence-electron chi connectivity index (χ4n) is 2.09. The van der Waals surface area contributed by atoms with Gasteiger partial charge in [0.1, 0.15) is 5.75 Å². The van der Waals surface area contributed by atoms with Crippen LogP contribution in [0.5, 0.6) is 5.75 Å². The molecule has 0 saturated heterocycles. The Bertz CT molecular complexity index is 658. The van der Waals surface area contributed by atoms with Crippen LogP contribution in [0.4, 0.5) is 0 Å². The lowest BCUT2D eigenvalue weighted by Crippen LogP contribution is -2.29. The number of rotatable bonds is 5. The third-order valence-corrected chi connectivity index (χ3v) is 3.55. The maximum absolute atomic E-state index is 11.7. The number of ether oxygens (including phenoxy) is 1. The minimum Gasteiger partial charge on any atom is -0.497 e. The molecule has 1 heterocycles. The van der Waals surface area contributed by atoms with Gasteiger partial charge in [-0.25, -0.2) is 9.89 Å². The molecule has 6 nitrogen and oxygen atoms in total. The van der Waals surface area contributed by atoms with Crippen molar-refractivity contribution in [3.63, 3.8) is 0 Å². The van der Waals surface area contributed by atoms with E-state index >= 15 is 0 Å². The van der Waals surface area contributed by atoms with E-state index in [0.717, 1.165) is 11.3 Å². The molecule has 0 radical (unpaired) electrons. The summed E-state index contributed by atoms with van der Waals surface area (Å²) in [5, 5.41) is 5.14. The van der Waals surface area contributed by atoms with Crippen molar-refractivity contribution < 1.29 is 4.74 Å². The van der Waals surface area contributed by atoms with E-state index in [9.17, 15) is 4.79 Å². The summed E-state index contributed by atoms with van der Waals surface area (Å²) in [5.74, 6) is 0.793. The van der Waals surface area contributed by atoms with Gasteiger partial charge < -0.3 is 9.64 Å². The van der Waals surface area contributed by atoms with Gasteiger partial charge in [-0.15, -0.1) is 0 Å². The Morgan fingerprint density at radius 1 is 1.40 bits per heavy atom. The topological polar surface area (TPSA) is 66.0 Å². The number of likely N-dealkylation sites (N-methyl/N-ethyl adjacent to an activating group) is 1. The summed E-state index contributed by atoms with van der Waals surface area (Å²) in [6.45, 7) is 0.470. The van der Waals surface area contributed by atoms with Crippen molar-refractivity contribution >= 4 is 12.2 Å². The normalized spacial score (nSPS) is 12.6. The van der Waals surface area contributed by atoms with Gasteiger partial charge in [-0.05, 0) is 44.0 Å². The van der Waals surface area contributed by atoms with Crippen LogP contribution >= 0.6 is 12.2 Å². The van der Waals surface area contributed by atoms with Crippen LogP contribution < -0.4 is 10.4 Å². The lowest BCUT2D eigenvalue weighted by Gasteiger charge is -2.25. The number of nitrogens with zero attached hydrogens (tertiary/aromatic N) is 2. The monoisotopic (exact) mass is 294 g/mol. The first-order chi connectivity index (χ1) is 9.52. The van der Waals surface area contributed by atoms with Crippen LogP contribution in [0.3, 0.4) is 0 Å². The lowest BCUT2D eigenvalue weighted by atomic mass is 10.1. The molecule has 0 spiro atoms. The van der Waals surface area contributed by atoms with Crippen LogP contribution in [0.1, 0.15) is 11.6 Å². The van der Waals surface area contributed by atoms with Gasteiger partial charge in [-0.2, -0.15) is 0 Å².